The van der Waals surface area contributed by atoms with Gasteiger partial charge in [-0.15, -0.1) is 0 Å². The maximum atomic E-state index is 12.8. The van der Waals surface area contributed by atoms with Gasteiger partial charge in [-0.1, -0.05) is 25.4 Å². The van der Waals surface area contributed by atoms with Gasteiger partial charge in [-0.05, 0) is 66.2 Å². The molecule has 0 saturated carbocycles. The molecule has 2 radical (unpaired) electrons. The third-order valence-corrected chi connectivity index (χ3v) is 6.52. The van der Waals surface area contributed by atoms with E-state index in [-0.39, 0.29) is 24.8 Å². The zero-order valence-electron chi connectivity index (χ0n) is 23.2. The lowest BCUT2D eigenvalue weighted by Gasteiger charge is -2.43. The second-order valence-electron chi connectivity index (χ2n) is 10.9. The van der Waals surface area contributed by atoms with E-state index in [1.807, 2.05) is 41.5 Å². The quantitative estimate of drug-likeness (QED) is 0.341. The summed E-state index contributed by atoms with van der Waals surface area (Å²) in [6, 6.07) is 2.37. The second-order valence-corrected chi connectivity index (χ2v) is 11.3. The summed E-state index contributed by atoms with van der Waals surface area (Å²) < 4.78 is 17.6. The van der Waals surface area contributed by atoms with Crippen molar-refractivity contribution in [2.45, 2.75) is 90.8 Å². The molecule has 2 fully saturated rings. The topological polar surface area (TPSA) is 122 Å². The molecule has 37 heavy (non-hydrogen) atoms. The molecule has 2 aliphatic rings. The first kappa shape index (κ1) is 31.4. The van der Waals surface area contributed by atoms with Crippen LogP contribution >= 0.6 is 11.6 Å². The Morgan fingerprint density at radius 3 is 2.16 bits per heavy atom. The zero-order chi connectivity index (χ0) is 28.6. The molecule has 0 aliphatic carbocycles. The predicted molar refractivity (Wildman–Crippen MR) is 141 cm³/mol. The van der Waals surface area contributed by atoms with Crippen molar-refractivity contribution < 1.29 is 33.8 Å². The Kier molecular flexibility index (Phi) is 9.41. The zero-order valence-corrected chi connectivity index (χ0v) is 23.9. The average Bonchev–Trinajstić information content (AvgIpc) is 2.99. The van der Waals surface area contributed by atoms with Gasteiger partial charge < -0.3 is 34.1 Å². The van der Waals surface area contributed by atoms with Gasteiger partial charge in [-0.3, -0.25) is 4.79 Å². The number of ether oxygens (including phenoxy) is 1. The number of aromatic nitrogens is 1. The number of aliphatic hydroxyl groups is 2. The Morgan fingerprint density at radius 1 is 1.14 bits per heavy atom. The molecule has 13 heteroatoms. The summed E-state index contributed by atoms with van der Waals surface area (Å²) >= 11 is 6.34. The molecule has 2 N–H and O–H groups in total. The van der Waals surface area contributed by atoms with Crippen molar-refractivity contribution >= 4 is 44.2 Å². The minimum absolute atomic E-state index is 0.000116. The van der Waals surface area contributed by atoms with Crippen molar-refractivity contribution in [1.82, 2.24) is 14.8 Å². The van der Waals surface area contributed by atoms with E-state index in [0.29, 0.717) is 11.2 Å². The molecule has 3 heterocycles. The second kappa shape index (κ2) is 11.1. The Bertz CT molecular complexity index is 980. The number of halogens is 1. The molecule has 2 saturated heterocycles. The van der Waals surface area contributed by atoms with Crippen LogP contribution < -0.4 is 5.59 Å². The summed E-state index contributed by atoms with van der Waals surface area (Å²) in [6.45, 7) is 17.0. The van der Waals surface area contributed by atoms with E-state index in [1.165, 1.54) is 15.9 Å². The number of carbonyl (C=O) groups excluding carboxylic acids is 2. The predicted octanol–water partition coefficient (Wildman–Crippen LogP) is 1.99. The molecule has 204 valence electrons. The van der Waals surface area contributed by atoms with Crippen LogP contribution in [0.25, 0.3) is 0 Å². The van der Waals surface area contributed by atoms with E-state index in [0.717, 1.165) is 0 Å². The molecule has 1 aromatic heterocycles. The van der Waals surface area contributed by atoms with Crippen LogP contribution in [0, 0.1) is 0 Å². The highest BCUT2D eigenvalue weighted by atomic mass is 35.5. The lowest BCUT2D eigenvalue weighted by atomic mass is 9.82. The number of hydrogen-bond acceptors (Lipinski definition) is 8. The first-order chi connectivity index (χ1) is 16.8. The largest absolute Gasteiger partial charge is 0.514 e. The van der Waals surface area contributed by atoms with Crippen LogP contribution in [0.2, 0.25) is 5.15 Å². The van der Waals surface area contributed by atoms with Crippen LogP contribution in [0.4, 0.5) is 4.79 Å². The Morgan fingerprint density at radius 2 is 1.68 bits per heavy atom. The minimum atomic E-state index is -3.09. The minimum Gasteiger partial charge on any atom is -0.444 e. The molecular formula is C24H38B2ClN3O7. The van der Waals surface area contributed by atoms with E-state index in [4.69, 9.17) is 33.5 Å². The average molecular weight is 538 g/mol. The van der Waals surface area contributed by atoms with E-state index >= 15 is 0 Å². The van der Waals surface area contributed by atoms with Gasteiger partial charge in [0, 0.05) is 19.6 Å². The smallest absolute Gasteiger partial charge is 0.444 e. The van der Waals surface area contributed by atoms with Crippen molar-refractivity contribution in [3.63, 3.8) is 0 Å². The summed E-state index contributed by atoms with van der Waals surface area (Å²) in [7, 11) is 4.46. The monoisotopic (exact) mass is 537 g/mol. The number of rotatable bonds is 3. The highest BCUT2D eigenvalue weighted by Crippen LogP contribution is 2.37. The summed E-state index contributed by atoms with van der Waals surface area (Å²) in [5, 5.41) is 19.7. The van der Waals surface area contributed by atoms with Gasteiger partial charge in [0.25, 0.3) is 5.91 Å². The summed E-state index contributed by atoms with van der Waals surface area (Å²) in [5.74, 6) is -1.11. The molecule has 3 rings (SSSR count). The molecule has 0 spiro atoms. The van der Waals surface area contributed by atoms with E-state index in [9.17, 15) is 19.8 Å². The fourth-order valence-corrected chi connectivity index (χ4v) is 4.05. The summed E-state index contributed by atoms with van der Waals surface area (Å²) in [6.07, 6.45) is -0.562. The van der Waals surface area contributed by atoms with Crippen LogP contribution in [0.5, 0.6) is 0 Å². The van der Waals surface area contributed by atoms with Gasteiger partial charge in [0.15, 0.2) is 13.5 Å². The fourth-order valence-electron chi connectivity index (χ4n) is 3.83. The molecule has 10 nitrogen and oxygen atoms in total. The molecule has 2 aliphatic heterocycles. The number of amides is 2. The number of pyridine rings is 1. The van der Waals surface area contributed by atoms with Crippen molar-refractivity contribution in [3.8, 4) is 0 Å². The summed E-state index contributed by atoms with van der Waals surface area (Å²) in [4.78, 5) is 32.5. The molecule has 1 atom stereocenters. The molecule has 1 unspecified atom stereocenters. The number of carbonyl (C=O) groups is 2. The normalized spacial score (nSPS) is 21.3. The van der Waals surface area contributed by atoms with Gasteiger partial charge in [-0.2, -0.15) is 0 Å². The highest BCUT2D eigenvalue weighted by Gasteiger charge is 2.52. The van der Waals surface area contributed by atoms with Gasteiger partial charge in [0.2, 0.25) is 0 Å². The lowest BCUT2D eigenvalue weighted by Crippen LogP contribution is -2.58. The van der Waals surface area contributed by atoms with E-state index < -0.39 is 47.7 Å². The van der Waals surface area contributed by atoms with Crippen LogP contribution in [0.1, 0.15) is 73.9 Å². The maximum absolute atomic E-state index is 12.8. The molecule has 2 amide bonds. The Balaban J connectivity index is 0.00000235. The molecule has 0 aromatic carbocycles. The third kappa shape index (κ3) is 7.38. The van der Waals surface area contributed by atoms with Crippen LogP contribution in [-0.4, -0.2) is 94.1 Å². The van der Waals surface area contributed by atoms with Crippen LogP contribution in [0.3, 0.4) is 0 Å². The molecule has 1 aromatic rings. The number of hydrogen-bond donors (Lipinski definition) is 2. The van der Waals surface area contributed by atoms with E-state index in [1.54, 1.807) is 26.8 Å². The standard InChI is InChI=1S/C22H32B2ClN3O7.C2H6/c1-19(2,3)33-18(30)27-8-9-28(17(29)22(23,31)32)14(12-27)13-10-15(26-16(25)11-13)24-34-20(4,5)21(6,7)35-24;1-2/h10-11,14,31-32H,8-9,12H2,1-7H3;1-2H3. The van der Waals surface area contributed by atoms with Gasteiger partial charge in [0.1, 0.15) is 10.8 Å². The number of piperazine rings is 1. The van der Waals surface area contributed by atoms with Gasteiger partial charge >= 0.3 is 13.2 Å². The van der Waals surface area contributed by atoms with Gasteiger partial charge in [-0.25, -0.2) is 9.78 Å². The SMILES string of the molecule is CC.[B]C(O)(O)C(=O)N1CCN(C(=O)OC(C)(C)C)CC1c1cc(Cl)nc(B2OC(C)(C)C(C)(C)O2)c1. The van der Waals surface area contributed by atoms with Crippen molar-refractivity contribution in [2.24, 2.45) is 0 Å². The Hall–Kier alpha value is -1.85. The van der Waals surface area contributed by atoms with Crippen molar-refractivity contribution in [3.05, 3.63) is 22.8 Å². The van der Waals surface area contributed by atoms with Crippen molar-refractivity contribution in [1.29, 1.82) is 0 Å². The fraction of sp³-hybridized carbons (Fsp3) is 0.708. The van der Waals surface area contributed by atoms with Crippen LogP contribution in [0.15, 0.2) is 12.1 Å². The van der Waals surface area contributed by atoms with E-state index in [2.05, 4.69) is 4.98 Å². The molecular weight excluding hydrogens is 499 g/mol. The first-order valence-electron chi connectivity index (χ1n) is 12.4. The maximum Gasteiger partial charge on any atom is 0.514 e. The Labute approximate surface area is 226 Å². The molecule has 0 bridgehead atoms. The highest BCUT2D eigenvalue weighted by molar-refractivity contribution is 6.61. The van der Waals surface area contributed by atoms with Crippen LogP contribution in [-0.2, 0) is 18.8 Å². The first-order valence-corrected chi connectivity index (χ1v) is 12.7. The number of nitrogens with zero attached hydrogens (tertiary/aromatic N) is 3. The lowest BCUT2D eigenvalue weighted by molar-refractivity contribution is -0.174. The third-order valence-electron chi connectivity index (χ3n) is 6.32. The van der Waals surface area contributed by atoms with Crippen molar-refractivity contribution in [2.75, 3.05) is 19.6 Å². The van der Waals surface area contributed by atoms with Gasteiger partial charge in [0.05, 0.1) is 22.8 Å². The summed E-state index contributed by atoms with van der Waals surface area (Å²) in [5.41, 5.74) is -4.17.